The molecule has 0 aliphatic heterocycles. The number of nitrogens with zero attached hydrogens (tertiary/aromatic N) is 4. The van der Waals surface area contributed by atoms with Crippen LogP contribution >= 0.6 is 34.7 Å². The Kier molecular flexibility index (Phi) is 4.81. The van der Waals surface area contributed by atoms with Crippen molar-refractivity contribution >= 4 is 34.7 Å². The molecule has 0 fully saturated rings. The highest BCUT2D eigenvalue weighted by Gasteiger charge is 2.10. The first-order valence-corrected chi connectivity index (χ1v) is 9.11. The highest BCUT2D eigenvalue weighted by Crippen LogP contribution is 2.26. The molecule has 0 saturated carbocycles. The third-order valence-corrected chi connectivity index (χ3v) is 5.42. The van der Waals surface area contributed by atoms with Crippen LogP contribution in [0, 0.1) is 0 Å². The molecular formula is C15H15ClN4S2. The van der Waals surface area contributed by atoms with Crippen LogP contribution in [-0.2, 0) is 5.75 Å². The molecule has 0 bridgehead atoms. The van der Waals surface area contributed by atoms with E-state index in [1.807, 2.05) is 28.8 Å². The van der Waals surface area contributed by atoms with Crippen LogP contribution in [0.5, 0.6) is 0 Å². The van der Waals surface area contributed by atoms with Crippen molar-refractivity contribution in [2.24, 2.45) is 0 Å². The largest absolute Gasteiger partial charge is 0.277 e. The minimum atomic E-state index is 0.471. The number of halogens is 1. The van der Waals surface area contributed by atoms with Gasteiger partial charge in [-0.05, 0) is 18.2 Å². The summed E-state index contributed by atoms with van der Waals surface area (Å²) in [5, 5.41) is 13.0. The van der Waals surface area contributed by atoms with Gasteiger partial charge in [-0.2, -0.15) is 0 Å². The number of rotatable bonds is 5. The standard InChI is InChI=1S/C15H15ClN4S2/c1-10(2)14-18-12(7-21-14)8-22-15-19-17-9-20(15)13-5-3-4-11(16)6-13/h3-7,9-10H,8H2,1-2H3. The Balaban J connectivity index is 1.75. The fraction of sp³-hybridized carbons (Fsp3) is 0.267. The zero-order valence-corrected chi connectivity index (χ0v) is 14.6. The van der Waals surface area contributed by atoms with E-state index in [1.54, 1.807) is 29.4 Å². The number of aromatic nitrogens is 4. The monoisotopic (exact) mass is 350 g/mol. The van der Waals surface area contributed by atoms with E-state index >= 15 is 0 Å². The number of thioether (sulfide) groups is 1. The predicted octanol–water partition coefficient (Wildman–Crippen LogP) is 4.79. The molecule has 0 atom stereocenters. The molecule has 1 aromatic carbocycles. The van der Waals surface area contributed by atoms with E-state index in [2.05, 4.69) is 34.4 Å². The number of hydrogen-bond donors (Lipinski definition) is 0. The maximum absolute atomic E-state index is 6.05. The van der Waals surface area contributed by atoms with Gasteiger partial charge in [0.2, 0.25) is 0 Å². The van der Waals surface area contributed by atoms with Crippen LogP contribution in [0.2, 0.25) is 5.02 Å². The molecule has 3 rings (SSSR count). The molecule has 22 heavy (non-hydrogen) atoms. The van der Waals surface area contributed by atoms with E-state index in [9.17, 15) is 0 Å². The van der Waals surface area contributed by atoms with Gasteiger partial charge in [-0.15, -0.1) is 21.5 Å². The Hall–Kier alpha value is -1.37. The van der Waals surface area contributed by atoms with Gasteiger partial charge >= 0.3 is 0 Å². The summed E-state index contributed by atoms with van der Waals surface area (Å²) >= 11 is 9.39. The zero-order chi connectivity index (χ0) is 15.5. The Morgan fingerprint density at radius 1 is 1.36 bits per heavy atom. The topological polar surface area (TPSA) is 43.6 Å². The molecule has 0 aliphatic carbocycles. The molecule has 0 saturated heterocycles. The lowest BCUT2D eigenvalue weighted by atomic mass is 10.2. The zero-order valence-electron chi connectivity index (χ0n) is 12.2. The van der Waals surface area contributed by atoms with Gasteiger partial charge < -0.3 is 0 Å². The molecule has 2 heterocycles. The average Bonchev–Trinajstić information content (AvgIpc) is 3.14. The lowest BCUT2D eigenvalue weighted by Gasteiger charge is -2.05. The summed E-state index contributed by atoms with van der Waals surface area (Å²) in [7, 11) is 0. The fourth-order valence-corrected chi connectivity index (χ4v) is 3.86. The highest BCUT2D eigenvalue weighted by atomic mass is 35.5. The maximum atomic E-state index is 6.05. The summed E-state index contributed by atoms with van der Waals surface area (Å²) in [5.74, 6) is 1.25. The number of thiazole rings is 1. The minimum Gasteiger partial charge on any atom is -0.277 e. The third-order valence-electron chi connectivity index (χ3n) is 3.02. The van der Waals surface area contributed by atoms with Crippen LogP contribution in [0.3, 0.4) is 0 Å². The van der Waals surface area contributed by atoms with E-state index in [0.29, 0.717) is 10.9 Å². The predicted molar refractivity (Wildman–Crippen MR) is 92.1 cm³/mol. The second-order valence-electron chi connectivity index (χ2n) is 5.08. The molecule has 2 aromatic heterocycles. The normalized spacial score (nSPS) is 11.3. The molecular weight excluding hydrogens is 336 g/mol. The van der Waals surface area contributed by atoms with Crippen molar-refractivity contribution in [1.82, 2.24) is 19.7 Å². The van der Waals surface area contributed by atoms with E-state index in [1.165, 1.54) is 5.01 Å². The van der Waals surface area contributed by atoms with Gasteiger partial charge in [0, 0.05) is 22.1 Å². The SMILES string of the molecule is CC(C)c1nc(CSc2nncn2-c2cccc(Cl)c2)cs1. The Morgan fingerprint density at radius 3 is 2.95 bits per heavy atom. The third kappa shape index (κ3) is 3.51. The van der Waals surface area contributed by atoms with E-state index in [4.69, 9.17) is 11.6 Å². The van der Waals surface area contributed by atoms with Crippen molar-refractivity contribution in [2.75, 3.05) is 0 Å². The summed E-state index contributed by atoms with van der Waals surface area (Å²) in [6.07, 6.45) is 1.70. The first kappa shape index (κ1) is 15.5. The van der Waals surface area contributed by atoms with E-state index in [0.717, 1.165) is 22.3 Å². The van der Waals surface area contributed by atoms with E-state index in [-0.39, 0.29) is 0 Å². The lowest BCUT2D eigenvalue weighted by molar-refractivity contribution is 0.845. The van der Waals surface area contributed by atoms with Gasteiger partial charge in [-0.3, -0.25) is 4.57 Å². The number of benzene rings is 1. The van der Waals surface area contributed by atoms with Crippen LogP contribution in [0.4, 0.5) is 0 Å². The molecule has 0 amide bonds. The van der Waals surface area contributed by atoms with Crippen LogP contribution in [-0.4, -0.2) is 19.7 Å². The van der Waals surface area contributed by atoms with Gasteiger partial charge in [0.25, 0.3) is 0 Å². The highest BCUT2D eigenvalue weighted by molar-refractivity contribution is 7.98. The maximum Gasteiger partial charge on any atom is 0.195 e. The summed E-state index contributed by atoms with van der Waals surface area (Å²) in [6.45, 7) is 4.32. The molecule has 4 nitrogen and oxygen atoms in total. The Bertz CT molecular complexity index is 766. The smallest absolute Gasteiger partial charge is 0.195 e. The van der Waals surface area contributed by atoms with Crippen molar-refractivity contribution in [2.45, 2.75) is 30.7 Å². The first-order valence-electron chi connectivity index (χ1n) is 6.86. The molecule has 0 N–H and O–H groups in total. The summed E-state index contributed by atoms with van der Waals surface area (Å²) in [6, 6.07) is 7.65. The number of hydrogen-bond acceptors (Lipinski definition) is 5. The van der Waals surface area contributed by atoms with Crippen molar-refractivity contribution in [3.8, 4) is 5.69 Å². The fourth-order valence-electron chi connectivity index (χ4n) is 1.92. The Morgan fingerprint density at radius 2 is 2.23 bits per heavy atom. The van der Waals surface area contributed by atoms with Gasteiger partial charge in [-0.1, -0.05) is 43.3 Å². The second-order valence-corrected chi connectivity index (χ2v) is 7.35. The van der Waals surface area contributed by atoms with Crippen molar-refractivity contribution < 1.29 is 0 Å². The average molecular weight is 351 g/mol. The van der Waals surface area contributed by atoms with Crippen molar-refractivity contribution in [3.05, 3.63) is 51.7 Å². The summed E-state index contributed by atoms with van der Waals surface area (Å²) < 4.78 is 1.94. The van der Waals surface area contributed by atoms with Gasteiger partial charge in [0.05, 0.1) is 16.4 Å². The molecule has 0 unspecified atom stereocenters. The van der Waals surface area contributed by atoms with Crippen LogP contribution in [0.1, 0.15) is 30.5 Å². The Labute approximate surface area is 142 Å². The van der Waals surface area contributed by atoms with Crippen LogP contribution < -0.4 is 0 Å². The molecule has 7 heteroatoms. The van der Waals surface area contributed by atoms with Gasteiger partial charge in [-0.25, -0.2) is 4.98 Å². The van der Waals surface area contributed by atoms with Crippen LogP contribution in [0.15, 0.2) is 41.1 Å². The summed E-state index contributed by atoms with van der Waals surface area (Å²) in [4.78, 5) is 4.64. The van der Waals surface area contributed by atoms with E-state index < -0.39 is 0 Å². The first-order chi connectivity index (χ1) is 10.6. The van der Waals surface area contributed by atoms with Crippen molar-refractivity contribution in [3.63, 3.8) is 0 Å². The molecule has 3 aromatic rings. The lowest BCUT2D eigenvalue weighted by Crippen LogP contribution is -1.95. The van der Waals surface area contributed by atoms with Gasteiger partial charge in [0.1, 0.15) is 6.33 Å². The molecule has 0 radical (unpaired) electrons. The summed E-state index contributed by atoms with van der Waals surface area (Å²) in [5.41, 5.74) is 2.04. The second kappa shape index (κ2) is 6.81. The van der Waals surface area contributed by atoms with Gasteiger partial charge in [0.15, 0.2) is 5.16 Å². The minimum absolute atomic E-state index is 0.471. The molecule has 0 aliphatic rings. The van der Waals surface area contributed by atoms with Crippen LogP contribution in [0.25, 0.3) is 5.69 Å². The molecule has 0 spiro atoms. The van der Waals surface area contributed by atoms with Crippen molar-refractivity contribution in [1.29, 1.82) is 0 Å². The molecule has 114 valence electrons. The quantitative estimate of drug-likeness (QED) is 0.620.